The summed E-state index contributed by atoms with van der Waals surface area (Å²) in [6, 6.07) is 7.92. The van der Waals surface area contributed by atoms with Crippen LogP contribution >= 0.6 is 0 Å². The largest absolute Gasteiger partial charge is 0.493 e. The number of hydrogen-bond donors (Lipinski definition) is 2. The number of methoxy groups -OCH3 is 1. The lowest BCUT2D eigenvalue weighted by Crippen LogP contribution is -2.44. The molecule has 0 saturated heterocycles. The zero-order valence-electron chi connectivity index (χ0n) is 19.0. The Morgan fingerprint density at radius 2 is 1.97 bits per heavy atom. The van der Waals surface area contributed by atoms with Crippen LogP contribution in [0.4, 0.5) is 0 Å². The van der Waals surface area contributed by atoms with Gasteiger partial charge in [0.25, 0.3) is 0 Å². The number of aromatic nitrogens is 1. The predicted octanol–water partition coefficient (Wildman–Crippen LogP) is 2.47. The number of pyridine rings is 1. The van der Waals surface area contributed by atoms with Gasteiger partial charge in [-0.3, -0.25) is 9.59 Å². The number of benzene rings is 1. The number of esters is 1. The van der Waals surface area contributed by atoms with E-state index in [1.54, 1.807) is 13.2 Å². The van der Waals surface area contributed by atoms with Crippen LogP contribution in [-0.4, -0.2) is 45.2 Å². The van der Waals surface area contributed by atoms with E-state index >= 15 is 0 Å². The van der Waals surface area contributed by atoms with Gasteiger partial charge in [0.05, 0.1) is 19.5 Å². The highest BCUT2D eigenvalue weighted by Crippen LogP contribution is 2.39. The Balaban J connectivity index is 1.87. The van der Waals surface area contributed by atoms with Gasteiger partial charge in [-0.15, -0.1) is 0 Å². The molecule has 9 nitrogen and oxygen atoms in total. The molecule has 0 aliphatic heterocycles. The number of carbonyl (C=O) groups is 1. The molecule has 1 aliphatic carbocycles. The zero-order chi connectivity index (χ0) is 24.0. The third kappa shape index (κ3) is 6.82. The van der Waals surface area contributed by atoms with Gasteiger partial charge in [-0.05, 0) is 49.4 Å². The van der Waals surface area contributed by atoms with E-state index in [9.17, 15) is 18.0 Å². The number of nitrogens with one attached hydrogen (secondary N) is 2. The Kier molecular flexibility index (Phi) is 8.15. The van der Waals surface area contributed by atoms with E-state index in [0.29, 0.717) is 42.9 Å². The fourth-order valence-corrected chi connectivity index (χ4v) is 5.64. The Morgan fingerprint density at radius 3 is 2.61 bits per heavy atom. The van der Waals surface area contributed by atoms with Gasteiger partial charge >= 0.3 is 5.97 Å². The first-order chi connectivity index (χ1) is 15.7. The van der Waals surface area contributed by atoms with Crippen LogP contribution in [0.25, 0.3) is 0 Å². The summed E-state index contributed by atoms with van der Waals surface area (Å²) in [7, 11) is -2.14. The molecule has 1 aliphatic rings. The number of sulfonamides is 1. The standard InChI is InChI=1S/C23H30N2O7S/c1-4-31-22-11-17(6-9-21(22)30-3)19-12-18(32-15(2)26)7-8-20(19)25-33(28,29)14-16-5-10-23(27)24-13-16/h5-6,9-11,13,18-20,25H,4,7-8,12,14H2,1-3H3,(H,24,27)/t18-,19-,20-/m1/s1. The first-order valence-electron chi connectivity index (χ1n) is 10.9. The summed E-state index contributed by atoms with van der Waals surface area (Å²) in [5, 5.41) is 0. The van der Waals surface area contributed by atoms with Crippen molar-refractivity contribution in [2.75, 3.05) is 13.7 Å². The quantitative estimate of drug-likeness (QED) is 0.531. The van der Waals surface area contributed by atoms with Crippen LogP contribution in [0.2, 0.25) is 0 Å². The highest BCUT2D eigenvalue weighted by atomic mass is 32.2. The van der Waals surface area contributed by atoms with E-state index in [-0.39, 0.29) is 29.3 Å². The van der Waals surface area contributed by atoms with Crippen LogP contribution in [0.3, 0.4) is 0 Å². The van der Waals surface area contributed by atoms with Gasteiger partial charge in [0, 0.05) is 31.1 Å². The third-order valence-electron chi connectivity index (χ3n) is 5.59. The van der Waals surface area contributed by atoms with Crippen molar-refractivity contribution in [3.05, 3.63) is 58.0 Å². The van der Waals surface area contributed by atoms with Crippen molar-refractivity contribution in [3.8, 4) is 11.5 Å². The van der Waals surface area contributed by atoms with Gasteiger partial charge in [-0.1, -0.05) is 12.1 Å². The Hall–Kier alpha value is -2.85. The van der Waals surface area contributed by atoms with Crippen LogP contribution in [0.1, 0.15) is 50.2 Å². The number of carbonyl (C=O) groups excluding carboxylic acids is 1. The van der Waals surface area contributed by atoms with Crippen molar-refractivity contribution >= 4 is 16.0 Å². The minimum absolute atomic E-state index is 0.237. The van der Waals surface area contributed by atoms with Crippen molar-refractivity contribution in [2.24, 2.45) is 0 Å². The second kappa shape index (κ2) is 10.8. The molecule has 3 atom stereocenters. The molecule has 1 aromatic carbocycles. The van der Waals surface area contributed by atoms with Gasteiger partial charge in [-0.2, -0.15) is 0 Å². The van der Waals surface area contributed by atoms with E-state index in [1.165, 1.54) is 25.3 Å². The molecular formula is C23H30N2O7S. The van der Waals surface area contributed by atoms with Crippen LogP contribution in [0, 0.1) is 0 Å². The maximum atomic E-state index is 12.9. The van der Waals surface area contributed by atoms with E-state index in [4.69, 9.17) is 14.2 Å². The van der Waals surface area contributed by atoms with E-state index < -0.39 is 16.1 Å². The Morgan fingerprint density at radius 1 is 1.18 bits per heavy atom. The van der Waals surface area contributed by atoms with Crippen LogP contribution in [-0.2, 0) is 25.3 Å². The molecule has 33 heavy (non-hydrogen) atoms. The van der Waals surface area contributed by atoms with E-state index in [2.05, 4.69) is 9.71 Å². The topological polar surface area (TPSA) is 124 Å². The molecule has 2 aromatic rings. The lowest BCUT2D eigenvalue weighted by Gasteiger charge is -2.36. The molecule has 0 spiro atoms. The summed E-state index contributed by atoms with van der Waals surface area (Å²) in [6.07, 6.45) is 2.63. The molecule has 1 aromatic heterocycles. The average molecular weight is 479 g/mol. The average Bonchev–Trinajstić information content (AvgIpc) is 2.76. The van der Waals surface area contributed by atoms with Crippen LogP contribution in [0.5, 0.6) is 11.5 Å². The lowest BCUT2D eigenvalue weighted by atomic mass is 9.79. The second-order valence-electron chi connectivity index (χ2n) is 8.04. The number of aromatic amines is 1. The predicted molar refractivity (Wildman–Crippen MR) is 123 cm³/mol. The zero-order valence-corrected chi connectivity index (χ0v) is 19.8. The third-order valence-corrected chi connectivity index (χ3v) is 6.96. The monoisotopic (exact) mass is 478 g/mol. The van der Waals surface area contributed by atoms with E-state index in [1.807, 2.05) is 19.1 Å². The Bertz CT molecular complexity index is 1110. The summed E-state index contributed by atoms with van der Waals surface area (Å²) in [5.74, 6) is 0.303. The van der Waals surface area contributed by atoms with Crippen molar-refractivity contribution in [2.45, 2.75) is 56.9 Å². The molecule has 0 radical (unpaired) electrons. The molecular weight excluding hydrogens is 448 g/mol. The summed E-state index contributed by atoms with van der Waals surface area (Å²) in [6.45, 7) is 3.70. The molecule has 2 N–H and O–H groups in total. The summed E-state index contributed by atoms with van der Waals surface area (Å²) >= 11 is 0. The second-order valence-corrected chi connectivity index (χ2v) is 9.79. The first kappa shape index (κ1) is 24.8. The van der Waals surface area contributed by atoms with Crippen molar-refractivity contribution in [3.63, 3.8) is 0 Å². The molecule has 180 valence electrons. The highest BCUT2D eigenvalue weighted by molar-refractivity contribution is 7.88. The molecule has 1 heterocycles. The van der Waals surface area contributed by atoms with E-state index in [0.717, 1.165) is 5.56 Å². The molecule has 0 unspecified atom stereocenters. The minimum atomic E-state index is -3.70. The Labute approximate surface area is 193 Å². The first-order valence-corrected chi connectivity index (χ1v) is 12.5. The van der Waals surface area contributed by atoms with Gasteiger partial charge in [0.2, 0.25) is 15.6 Å². The highest BCUT2D eigenvalue weighted by Gasteiger charge is 2.36. The lowest BCUT2D eigenvalue weighted by molar-refractivity contribution is -0.148. The summed E-state index contributed by atoms with van der Waals surface area (Å²) < 4.78 is 45.2. The van der Waals surface area contributed by atoms with Crippen LogP contribution < -0.4 is 19.8 Å². The van der Waals surface area contributed by atoms with Crippen molar-refractivity contribution in [1.29, 1.82) is 0 Å². The number of H-pyrrole nitrogens is 1. The molecule has 0 amide bonds. The van der Waals surface area contributed by atoms with Crippen LogP contribution in [0.15, 0.2) is 41.3 Å². The number of ether oxygens (including phenoxy) is 3. The van der Waals surface area contributed by atoms with Gasteiger partial charge in [0.15, 0.2) is 11.5 Å². The summed E-state index contributed by atoms with van der Waals surface area (Å²) in [4.78, 5) is 25.3. The number of hydrogen-bond acceptors (Lipinski definition) is 7. The molecule has 3 rings (SSSR count). The minimum Gasteiger partial charge on any atom is -0.493 e. The fourth-order valence-electron chi connectivity index (χ4n) is 4.20. The molecule has 1 fully saturated rings. The van der Waals surface area contributed by atoms with Gasteiger partial charge in [0.1, 0.15) is 6.10 Å². The smallest absolute Gasteiger partial charge is 0.302 e. The van der Waals surface area contributed by atoms with Crippen molar-refractivity contribution in [1.82, 2.24) is 9.71 Å². The van der Waals surface area contributed by atoms with Gasteiger partial charge < -0.3 is 19.2 Å². The van der Waals surface area contributed by atoms with Gasteiger partial charge in [-0.25, -0.2) is 13.1 Å². The molecule has 1 saturated carbocycles. The fraction of sp³-hybridized carbons (Fsp3) is 0.478. The molecule has 10 heteroatoms. The number of rotatable bonds is 9. The normalized spacial score (nSPS) is 20.8. The van der Waals surface area contributed by atoms with Crippen molar-refractivity contribution < 1.29 is 27.4 Å². The maximum Gasteiger partial charge on any atom is 0.302 e. The molecule has 0 bridgehead atoms. The summed E-state index contributed by atoms with van der Waals surface area (Å²) in [5.41, 5.74) is 1.06. The SMILES string of the molecule is CCOc1cc([C@H]2C[C@H](OC(C)=O)CC[C@H]2NS(=O)(=O)Cc2ccc(=O)[nH]c2)ccc1OC. The maximum absolute atomic E-state index is 12.9.